The van der Waals surface area contributed by atoms with Crippen molar-refractivity contribution in [3.8, 4) is 11.4 Å². The second-order valence-electron chi connectivity index (χ2n) is 7.49. The third kappa shape index (κ3) is 3.86. The fourth-order valence-corrected chi connectivity index (χ4v) is 4.00. The molecule has 29 heavy (non-hydrogen) atoms. The molecule has 1 aromatic heterocycles. The molecule has 1 N–H and O–H groups in total. The first-order valence-electron chi connectivity index (χ1n) is 10.1. The number of phenolic OH excluding ortho intramolecular Hbond substituents is 1. The third-order valence-electron chi connectivity index (χ3n) is 5.51. The van der Waals surface area contributed by atoms with Gasteiger partial charge in [-0.2, -0.15) is 0 Å². The highest BCUT2D eigenvalue weighted by Gasteiger charge is 2.27. The molecule has 1 aliphatic heterocycles. The van der Waals surface area contributed by atoms with Gasteiger partial charge in [-0.15, -0.1) is 0 Å². The van der Waals surface area contributed by atoms with Crippen molar-refractivity contribution in [1.29, 1.82) is 0 Å². The molecule has 0 bridgehead atoms. The summed E-state index contributed by atoms with van der Waals surface area (Å²) in [6.07, 6.45) is 0. The second-order valence-corrected chi connectivity index (χ2v) is 7.49. The van der Waals surface area contributed by atoms with Crippen LogP contribution in [0.25, 0.3) is 16.6 Å². The minimum absolute atomic E-state index is 0.138. The zero-order valence-electron chi connectivity index (χ0n) is 17.0. The zero-order valence-corrected chi connectivity index (χ0v) is 17.0. The van der Waals surface area contributed by atoms with Crippen LogP contribution in [0, 0.1) is 0 Å². The molecule has 4 rings (SSSR count). The Hall–Kier alpha value is -2.83. The van der Waals surface area contributed by atoms with E-state index < -0.39 is 0 Å². The van der Waals surface area contributed by atoms with Gasteiger partial charge in [-0.25, -0.2) is 4.79 Å². The Kier molecular flexibility index (Phi) is 5.56. The fourth-order valence-electron chi connectivity index (χ4n) is 4.00. The van der Waals surface area contributed by atoms with Crippen LogP contribution in [0.3, 0.4) is 0 Å². The molecule has 3 aromatic rings. The van der Waals surface area contributed by atoms with Crippen LogP contribution < -0.4 is 0 Å². The Bertz CT molecular complexity index is 1010. The van der Waals surface area contributed by atoms with Crippen molar-refractivity contribution in [1.82, 2.24) is 14.4 Å². The fraction of sp³-hybridized carbons (Fsp3) is 0.348. The number of phenols is 1. The van der Waals surface area contributed by atoms with E-state index in [4.69, 9.17) is 4.74 Å². The molecule has 0 atom stereocenters. The summed E-state index contributed by atoms with van der Waals surface area (Å²) in [5.41, 5.74) is 3.32. The van der Waals surface area contributed by atoms with Crippen LogP contribution in [-0.2, 0) is 11.3 Å². The molecular formula is C23H27N3O3. The highest BCUT2D eigenvalue weighted by Crippen LogP contribution is 2.33. The summed E-state index contributed by atoms with van der Waals surface area (Å²) >= 11 is 0. The maximum atomic E-state index is 13.0. The standard InChI is InChI=1S/C23H27N3O3/c1-3-29-23(28)22-19-15-18(27)9-10-20(19)26(17-7-5-4-6-8-17)21(22)16-25-13-11-24(2)12-14-25/h4-10,15,27H,3,11-14,16H2,1-2H3. The molecular weight excluding hydrogens is 366 g/mol. The first-order chi connectivity index (χ1) is 14.1. The van der Waals surface area contributed by atoms with Crippen molar-refractivity contribution in [2.45, 2.75) is 13.5 Å². The normalized spacial score (nSPS) is 15.7. The minimum Gasteiger partial charge on any atom is -0.508 e. The maximum absolute atomic E-state index is 13.0. The quantitative estimate of drug-likeness (QED) is 0.675. The van der Waals surface area contributed by atoms with Gasteiger partial charge in [0.25, 0.3) is 0 Å². The number of carbonyl (C=O) groups is 1. The predicted octanol–water partition coefficient (Wildman–Crippen LogP) is 3.26. The van der Waals surface area contributed by atoms with Gasteiger partial charge in [-0.05, 0) is 44.3 Å². The van der Waals surface area contributed by atoms with E-state index in [1.807, 2.05) is 43.3 Å². The van der Waals surface area contributed by atoms with Gasteiger partial charge in [-0.1, -0.05) is 18.2 Å². The summed E-state index contributed by atoms with van der Waals surface area (Å²) in [7, 11) is 2.13. The van der Waals surface area contributed by atoms with E-state index in [-0.39, 0.29) is 11.7 Å². The molecule has 6 heteroatoms. The third-order valence-corrected chi connectivity index (χ3v) is 5.51. The summed E-state index contributed by atoms with van der Waals surface area (Å²) in [6, 6.07) is 15.2. The number of rotatable bonds is 5. The lowest BCUT2D eigenvalue weighted by Gasteiger charge is -2.32. The van der Waals surface area contributed by atoms with Gasteiger partial charge >= 0.3 is 5.97 Å². The number of piperazine rings is 1. The zero-order chi connectivity index (χ0) is 20.4. The van der Waals surface area contributed by atoms with Crippen LogP contribution in [-0.4, -0.2) is 65.3 Å². The number of ether oxygens (including phenoxy) is 1. The second kappa shape index (κ2) is 8.27. The lowest BCUT2D eigenvalue weighted by molar-refractivity contribution is 0.0525. The predicted molar refractivity (Wildman–Crippen MR) is 114 cm³/mol. The Labute approximate surface area is 170 Å². The van der Waals surface area contributed by atoms with Gasteiger partial charge < -0.3 is 19.3 Å². The number of esters is 1. The lowest BCUT2D eigenvalue weighted by Crippen LogP contribution is -2.44. The highest BCUT2D eigenvalue weighted by atomic mass is 16.5. The van der Waals surface area contributed by atoms with E-state index in [9.17, 15) is 9.90 Å². The molecule has 2 aromatic carbocycles. The van der Waals surface area contributed by atoms with Crippen LogP contribution in [0.1, 0.15) is 23.0 Å². The molecule has 0 spiro atoms. The van der Waals surface area contributed by atoms with E-state index in [0.717, 1.165) is 48.5 Å². The molecule has 0 aliphatic carbocycles. The van der Waals surface area contributed by atoms with Crippen LogP contribution in [0.15, 0.2) is 48.5 Å². The smallest absolute Gasteiger partial charge is 0.340 e. The molecule has 1 aliphatic rings. The van der Waals surface area contributed by atoms with Gasteiger partial charge in [0.2, 0.25) is 0 Å². The number of para-hydroxylation sites is 1. The molecule has 0 saturated carbocycles. The van der Waals surface area contributed by atoms with E-state index >= 15 is 0 Å². The number of carbonyl (C=O) groups excluding carboxylic acids is 1. The topological polar surface area (TPSA) is 57.9 Å². The first-order valence-corrected chi connectivity index (χ1v) is 10.1. The molecule has 152 valence electrons. The number of aromatic nitrogens is 1. The van der Waals surface area contributed by atoms with Crippen LogP contribution in [0.5, 0.6) is 5.75 Å². The molecule has 0 unspecified atom stereocenters. The maximum Gasteiger partial charge on any atom is 0.340 e. The Morgan fingerprint density at radius 2 is 1.79 bits per heavy atom. The van der Waals surface area contributed by atoms with Crippen LogP contribution in [0.4, 0.5) is 0 Å². The van der Waals surface area contributed by atoms with E-state index in [1.54, 1.807) is 12.1 Å². The first kappa shape index (κ1) is 19.5. The molecule has 2 heterocycles. The van der Waals surface area contributed by atoms with Crippen molar-refractivity contribution in [2.75, 3.05) is 39.8 Å². The molecule has 0 amide bonds. The summed E-state index contributed by atoms with van der Waals surface area (Å²) < 4.78 is 7.54. The monoisotopic (exact) mass is 393 g/mol. The van der Waals surface area contributed by atoms with Crippen molar-refractivity contribution in [3.05, 3.63) is 59.8 Å². The minimum atomic E-state index is -0.345. The molecule has 1 fully saturated rings. The number of benzene rings is 2. The van der Waals surface area contributed by atoms with Gasteiger partial charge in [-0.3, -0.25) is 4.90 Å². The van der Waals surface area contributed by atoms with E-state index in [2.05, 4.69) is 21.4 Å². The molecule has 1 saturated heterocycles. The van der Waals surface area contributed by atoms with Crippen LogP contribution >= 0.6 is 0 Å². The lowest BCUT2D eigenvalue weighted by atomic mass is 10.1. The number of aromatic hydroxyl groups is 1. The van der Waals surface area contributed by atoms with E-state index in [1.165, 1.54) is 0 Å². The highest BCUT2D eigenvalue weighted by molar-refractivity contribution is 6.07. The Morgan fingerprint density at radius 1 is 1.07 bits per heavy atom. The van der Waals surface area contributed by atoms with Crippen molar-refractivity contribution < 1.29 is 14.6 Å². The number of fused-ring (bicyclic) bond motifs is 1. The van der Waals surface area contributed by atoms with Crippen molar-refractivity contribution in [3.63, 3.8) is 0 Å². The van der Waals surface area contributed by atoms with Gasteiger partial charge in [0.15, 0.2) is 0 Å². The van der Waals surface area contributed by atoms with Crippen LogP contribution in [0.2, 0.25) is 0 Å². The number of nitrogens with zero attached hydrogens (tertiary/aromatic N) is 3. The average Bonchev–Trinajstić information content (AvgIpc) is 3.03. The number of hydrogen-bond acceptors (Lipinski definition) is 5. The average molecular weight is 393 g/mol. The van der Waals surface area contributed by atoms with Gasteiger partial charge in [0.05, 0.1) is 23.4 Å². The van der Waals surface area contributed by atoms with E-state index in [0.29, 0.717) is 18.7 Å². The molecule has 0 radical (unpaired) electrons. The number of likely N-dealkylation sites (N-methyl/N-ethyl adjacent to an activating group) is 1. The number of hydrogen-bond donors (Lipinski definition) is 1. The Morgan fingerprint density at radius 3 is 2.48 bits per heavy atom. The van der Waals surface area contributed by atoms with Gasteiger partial charge in [0, 0.05) is 43.8 Å². The summed E-state index contributed by atoms with van der Waals surface area (Å²) in [4.78, 5) is 17.7. The van der Waals surface area contributed by atoms with Crippen molar-refractivity contribution in [2.24, 2.45) is 0 Å². The van der Waals surface area contributed by atoms with Gasteiger partial charge in [0.1, 0.15) is 5.75 Å². The Balaban J connectivity index is 1.91. The SMILES string of the molecule is CCOC(=O)c1c(CN2CCN(C)CC2)n(-c2ccccc2)c2ccc(O)cc12. The molecule has 6 nitrogen and oxygen atoms in total. The summed E-state index contributed by atoms with van der Waals surface area (Å²) in [5, 5.41) is 10.8. The largest absolute Gasteiger partial charge is 0.508 e. The van der Waals surface area contributed by atoms with Crippen molar-refractivity contribution >= 4 is 16.9 Å². The summed E-state index contributed by atoms with van der Waals surface area (Å²) in [5.74, 6) is -0.207. The summed E-state index contributed by atoms with van der Waals surface area (Å²) in [6.45, 7) is 6.66.